The molecule has 0 saturated carbocycles. The summed E-state index contributed by atoms with van der Waals surface area (Å²) in [6.45, 7) is 8.27. The Morgan fingerprint density at radius 3 is 1.98 bits per heavy atom. The molecule has 3 heterocycles. The highest BCUT2D eigenvalue weighted by atomic mass is 32.1. The van der Waals surface area contributed by atoms with Crippen LogP contribution in [0.5, 0.6) is 0 Å². The van der Waals surface area contributed by atoms with Crippen molar-refractivity contribution < 1.29 is 0 Å². The molecule has 0 unspecified atom stereocenters. The number of hydrogen-bond donors (Lipinski definition) is 0. The Bertz CT molecular complexity index is 1780. The van der Waals surface area contributed by atoms with Crippen LogP contribution in [0.3, 0.4) is 0 Å². The second-order valence-electron chi connectivity index (χ2n) is 10.1. The molecule has 9 nitrogen and oxygen atoms in total. The van der Waals surface area contributed by atoms with Gasteiger partial charge in [-0.3, -0.25) is 0 Å². The molecular weight excluding hydrogens is 563 g/mol. The first-order valence-corrected chi connectivity index (χ1v) is 15.3. The molecule has 11 heteroatoms. The molecule has 2 aromatic heterocycles. The van der Waals surface area contributed by atoms with Crippen molar-refractivity contribution in [2.45, 2.75) is 33.6 Å². The summed E-state index contributed by atoms with van der Waals surface area (Å²) in [5.74, 6) is 0.654. The maximum absolute atomic E-state index is 4.49. The summed E-state index contributed by atoms with van der Waals surface area (Å²) >= 11 is 2.90. The van der Waals surface area contributed by atoms with Crippen molar-refractivity contribution in [2.24, 2.45) is 30.7 Å². The van der Waals surface area contributed by atoms with Crippen LogP contribution in [-0.2, 0) is 0 Å². The van der Waals surface area contributed by atoms with E-state index in [-0.39, 0.29) is 0 Å². The van der Waals surface area contributed by atoms with E-state index in [0.717, 1.165) is 57.5 Å². The third-order valence-electron chi connectivity index (χ3n) is 6.86. The smallest absolute Gasteiger partial charge is 0.249 e. The number of hydrogen-bond acceptors (Lipinski definition) is 11. The number of azo groups is 3. The maximum atomic E-state index is 4.49. The van der Waals surface area contributed by atoms with Crippen molar-refractivity contribution in [2.75, 3.05) is 18.0 Å². The molecule has 210 valence electrons. The summed E-state index contributed by atoms with van der Waals surface area (Å²) in [6, 6.07) is 23.8. The van der Waals surface area contributed by atoms with E-state index in [4.69, 9.17) is 0 Å². The average Bonchev–Trinajstić information content (AvgIpc) is 3.78. The van der Waals surface area contributed by atoms with Crippen LogP contribution in [0.2, 0.25) is 0 Å². The fraction of sp³-hybridized carbons (Fsp3) is 0.226. The Morgan fingerprint density at radius 2 is 1.31 bits per heavy atom. The van der Waals surface area contributed by atoms with E-state index in [1.807, 2.05) is 80.6 Å². The first-order valence-electron chi connectivity index (χ1n) is 13.7. The SMILES string of the molecule is Cc1ccc(-c2nsc(N=Nc3ccc(N=Nc4ccc(N=Nc5ccc(N6CCCC6)s5)cc4C)cc3C)n2)cc1. The van der Waals surface area contributed by atoms with E-state index < -0.39 is 0 Å². The first kappa shape index (κ1) is 27.7. The van der Waals surface area contributed by atoms with E-state index in [1.54, 1.807) is 11.3 Å². The zero-order valence-corrected chi connectivity index (χ0v) is 25.2. The molecular formula is C31H29N9S2. The van der Waals surface area contributed by atoms with Gasteiger partial charge in [0.1, 0.15) is 5.00 Å². The number of anilines is 1. The molecule has 0 N–H and O–H groups in total. The summed E-state index contributed by atoms with van der Waals surface area (Å²) < 4.78 is 4.41. The topological polar surface area (TPSA) is 103 Å². The summed E-state index contributed by atoms with van der Waals surface area (Å²) in [4.78, 5) is 6.90. The highest BCUT2D eigenvalue weighted by molar-refractivity contribution is 7.19. The minimum atomic E-state index is 0.509. The summed E-state index contributed by atoms with van der Waals surface area (Å²) in [7, 11) is 0. The Labute approximate surface area is 252 Å². The molecule has 1 aliphatic heterocycles. The van der Waals surface area contributed by atoms with Gasteiger partial charge in [0.15, 0.2) is 5.82 Å². The highest BCUT2D eigenvalue weighted by Gasteiger charge is 2.14. The minimum absolute atomic E-state index is 0.509. The fourth-order valence-corrected chi connectivity index (χ4v) is 5.90. The van der Waals surface area contributed by atoms with E-state index in [0.29, 0.717) is 11.0 Å². The van der Waals surface area contributed by atoms with Gasteiger partial charge in [-0.2, -0.15) is 19.6 Å². The predicted molar refractivity (Wildman–Crippen MR) is 171 cm³/mol. The van der Waals surface area contributed by atoms with Crippen molar-refractivity contribution >= 4 is 60.8 Å². The molecule has 0 aliphatic carbocycles. The summed E-state index contributed by atoms with van der Waals surface area (Å²) in [5.41, 5.74) is 7.11. The lowest BCUT2D eigenvalue weighted by atomic mass is 10.1. The van der Waals surface area contributed by atoms with Crippen LogP contribution in [0.1, 0.15) is 29.5 Å². The van der Waals surface area contributed by atoms with Gasteiger partial charge >= 0.3 is 0 Å². The van der Waals surface area contributed by atoms with E-state index >= 15 is 0 Å². The van der Waals surface area contributed by atoms with Gasteiger partial charge in [0, 0.05) is 30.2 Å². The Balaban J connectivity index is 1.08. The molecule has 1 aliphatic rings. The molecule has 3 aromatic carbocycles. The lowest BCUT2D eigenvalue weighted by molar-refractivity contribution is 0.949. The number of rotatable bonds is 8. The monoisotopic (exact) mass is 591 g/mol. The van der Waals surface area contributed by atoms with E-state index in [9.17, 15) is 0 Å². The lowest BCUT2D eigenvalue weighted by Crippen LogP contribution is -2.15. The third kappa shape index (κ3) is 6.69. The highest BCUT2D eigenvalue weighted by Crippen LogP contribution is 2.35. The van der Waals surface area contributed by atoms with Gasteiger partial charge in [0.25, 0.3) is 0 Å². The van der Waals surface area contributed by atoms with Crippen LogP contribution in [0.4, 0.5) is 37.9 Å². The fourth-order valence-electron chi connectivity index (χ4n) is 4.50. The zero-order valence-electron chi connectivity index (χ0n) is 23.6. The largest absolute Gasteiger partial charge is 0.363 e. The van der Waals surface area contributed by atoms with Gasteiger partial charge in [0.05, 0.1) is 27.8 Å². The van der Waals surface area contributed by atoms with Gasteiger partial charge in [-0.25, -0.2) is 0 Å². The van der Waals surface area contributed by atoms with Crippen LogP contribution in [-0.4, -0.2) is 22.4 Å². The van der Waals surface area contributed by atoms with Crippen LogP contribution in [0.15, 0.2) is 103 Å². The number of aryl methyl sites for hydroxylation is 3. The average molecular weight is 592 g/mol. The number of thiophene rings is 1. The molecule has 0 spiro atoms. The van der Waals surface area contributed by atoms with Crippen LogP contribution >= 0.6 is 22.9 Å². The van der Waals surface area contributed by atoms with Crippen molar-refractivity contribution in [1.82, 2.24) is 9.36 Å². The van der Waals surface area contributed by atoms with E-state index in [1.165, 1.54) is 34.9 Å². The van der Waals surface area contributed by atoms with E-state index in [2.05, 4.69) is 57.9 Å². The Hall–Kier alpha value is -4.48. The molecule has 5 aromatic rings. The molecule has 0 atom stereocenters. The van der Waals surface area contributed by atoms with Crippen molar-refractivity contribution in [3.63, 3.8) is 0 Å². The maximum Gasteiger partial charge on any atom is 0.249 e. The standard InChI is InChI=1S/C31H29N9S2/c1-20-6-8-23(9-7-20)30-32-31(42-39-30)38-36-27-13-10-24(18-22(27)3)33-35-26-12-11-25(19-21(26)2)34-37-28-14-15-29(41-28)40-16-4-5-17-40/h6-15,18-19H,4-5,16-17H2,1-3H3. The van der Waals surface area contributed by atoms with Crippen LogP contribution in [0.25, 0.3) is 11.4 Å². The predicted octanol–water partition coefficient (Wildman–Crippen LogP) is 11.0. The molecule has 0 radical (unpaired) electrons. The zero-order chi connectivity index (χ0) is 28.9. The van der Waals surface area contributed by atoms with Gasteiger partial charge < -0.3 is 4.90 Å². The second kappa shape index (κ2) is 12.6. The molecule has 0 bridgehead atoms. The number of nitrogens with zero attached hydrogens (tertiary/aromatic N) is 9. The normalized spacial score (nSPS) is 13.8. The molecule has 6 rings (SSSR count). The quantitative estimate of drug-likeness (QED) is 0.168. The molecule has 42 heavy (non-hydrogen) atoms. The second-order valence-corrected chi connectivity index (χ2v) is 11.9. The minimum Gasteiger partial charge on any atom is -0.363 e. The van der Waals surface area contributed by atoms with Gasteiger partial charge in [-0.05, 0) is 93.3 Å². The molecule has 1 saturated heterocycles. The van der Waals surface area contributed by atoms with Gasteiger partial charge in [-0.1, -0.05) is 41.2 Å². The van der Waals surface area contributed by atoms with Crippen molar-refractivity contribution in [3.8, 4) is 11.4 Å². The summed E-state index contributed by atoms with van der Waals surface area (Å²) in [6.07, 6.45) is 2.52. The lowest BCUT2D eigenvalue weighted by Gasteiger charge is -2.13. The Kier molecular flexibility index (Phi) is 8.29. The first-order chi connectivity index (χ1) is 20.5. The summed E-state index contributed by atoms with van der Waals surface area (Å²) in [5, 5.41) is 29.1. The number of aromatic nitrogens is 2. The van der Waals surface area contributed by atoms with Crippen molar-refractivity contribution in [3.05, 3.63) is 89.5 Å². The van der Waals surface area contributed by atoms with Gasteiger partial charge in [-0.15, -0.1) is 20.5 Å². The molecule has 0 amide bonds. The number of benzene rings is 3. The molecule has 1 fully saturated rings. The van der Waals surface area contributed by atoms with Crippen LogP contribution in [0, 0.1) is 20.8 Å². The van der Waals surface area contributed by atoms with Crippen LogP contribution < -0.4 is 4.90 Å². The third-order valence-corrected chi connectivity index (χ3v) is 8.49. The Morgan fingerprint density at radius 1 is 0.667 bits per heavy atom. The van der Waals surface area contributed by atoms with Gasteiger partial charge in [0.2, 0.25) is 5.13 Å². The van der Waals surface area contributed by atoms with Crippen molar-refractivity contribution in [1.29, 1.82) is 0 Å².